The molecule has 2 atom stereocenters. The Bertz CT molecular complexity index is 337. The van der Waals surface area contributed by atoms with Crippen molar-refractivity contribution in [3.8, 4) is 0 Å². The van der Waals surface area contributed by atoms with E-state index in [0.717, 1.165) is 0 Å². The molecule has 4 N–H and O–H groups in total. The van der Waals surface area contributed by atoms with Gasteiger partial charge >= 0.3 is 12.2 Å². The Hall–Kier alpha value is -1.51. The highest BCUT2D eigenvalue weighted by atomic mass is 19.4. The van der Waals surface area contributed by atoms with Crippen LogP contribution in [0.2, 0.25) is 0 Å². The van der Waals surface area contributed by atoms with Crippen molar-refractivity contribution in [1.82, 2.24) is 10.2 Å². The van der Waals surface area contributed by atoms with Gasteiger partial charge in [-0.3, -0.25) is 4.79 Å². The largest absolute Gasteiger partial charge is 0.406 e. The Balaban J connectivity index is 5.08. The van der Waals surface area contributed by atoms with Crippen molar-refractivity contribution in [3.05, 3.63) is 0 Å². The second-order valence-electron chi connectivity index (χ2n) is 4.47. The third kappa shape index (κ3) is 6.60. The summed E-state index contributed by atoms with van der Waals surface area (Å²) in [5.74, 6) is -1.30. The van der Waals surface area contributed by atoms with E-state index in [-0.39, 0.29) is 5.92 Å². The molecular formula is C11H20F3N3O3. The van der Waals surface area contributed by atoms with Crippen molar-refractivity contribution in [2.45, 2.75) is 32.5 Å². The van der Waals surface area contributed by atoms with E-state index in [4.69, 9.17) is 10.8 Å². The summed E-state index contributed by atoms with van der Waals surface area (Å²) in [7, 11) is 0. The average molecular weight is 299 g/mol. The van der Waals surface area contributed by atoms with Crippen LogP contribution in [-0.2, 0) is 4.79 Å². The molecule has 20 heavy (non-hydrogen) atoms. The molecule has 0 aliphatic carbocycles. The molecule has 0 saturated carbocycles. The molecule has 0 bridgehead atoms. The molecule has 0 aromatic rings. The molecular weight excluding hydrogens is 279 g/mol. The third-order valence-electron chi connectivity index (χ3n) is 2.83. The Morgan fingerprint density at radius 1 is 1.40 bits per heavy atom. The minimum Gasteiger partial charge on any atom is -0.395 e. The summed E-state index contributed by atoms with van der Waals surface area (Å²) in [6.45, 7) is 0.786. The number of nitrogens with zero attached hydrogens (tertiary/aromatic N) is 1. The molecule has 0 fully saturated rings. The van der Waals surface area contributed by atoms with Gasteiger partial charge in [0, 0.05) is 6.54 Å². The van der Waals surface area contributed by atoms with Crippen LogP contribution >= 0.6 is 0 Å². The second-order valence-corrected chi connectivity index (χ2v) is 4.47. The molecule has 0 saturated heterocycles. The molecule has 6 nitrogen and oxygen atoms in total. The highest BCUT2D eigenvalue weighted by Crippen LogP contribution is 2.18. The number of halogens is 3. The van der Waals surface area contributed by atoms with E-state index in [2.05, 4.69) is 5.32 Å². The maximum atomic E-state index is 12.4. The van der Waals surface area contributed by atoms with Gasteiger partial charge in [0.2, 0.25) is 5.91 Å². The van der Waals surface area contributed by atoms with Crippen LogP contribution in [0.15, 0.2) is 0 Å². The highest BCUT2D eigenvalue weighted by Gasteiger charge is 2.36. The number of aliphatic hydroxyl groups is 1. The number of nitrogens with two attached hydrogens (primary N) is 1. The van der Waals surface area contributed by atoms with Gasteiger partial charge in [0.1, 0.15) is 12.6 Å². The van der Waals surface area contributed by atoms with E-state index in [1.807, 2.05) is 0 Å². The van der Waals surface area contributed by atoms with Crippen LogP contribution in [0.3, 0.4) is 0 Å². The lowest BCUT2D eigenvalue weighted by Gasteiger charge is -2.30. The summed E-state index contributed by atoms with van der Waals surface area (Å²) in [5, 5.41) is 10.9. The normalized spacial score (nSPS) is 14.5. The monoisotopic (exact) mass is 299 g/mol. The van der Waals surface area contributed by atoms with Crippen molar-refractivity contribution in [2.75, 3.05) is 19.7 Å². The molecule has 0 aromatic carbocycles. The Morgan fingerprint density at radius 3 is 2.30 bits per heavy atom. The fourth-order valence-electron chi connectivity index (χ4n) is 1.64. The zero-order valence-corrected chi connectivity index (χ0v) is 11.4. The zero-order valence-electron chi connectivity index (χ0n) is 11.4. The summed E-state index contributed by atoms with van der Waals surface area (Å²) in [6.07, 6.45) is -4.12. The summed E-state index contributed by atoms with van der Waals surface area (Å²) >= 11 is 0. The maximum Gasteiger partial charge on any atom is 0.406 e. The maximum absolute atomic E-state index is 12.4. The van der Waals surface area contributed by atoms with Crippen LogP contribution in [0.1, 0.15) is 20.3 Å². The lowest BCUT2D eigenvalue weighted by Crippen LogP contribution is -2.55. The molecule has 118 valence electrons. The predicted molar refractivity (Wildman–Crippen MR) is 65.7 cm³/mol. The van der Waals surface area contributed by atoms with Crippen molar-refractivity contribution in [3.63, 3.8) is 0 Å². The number of rotatable bonds is 7. The van der Waals surface area contributed by atoms with E-state index in [9.17, 15) is 22.8 Å². The van der Waals surface area contributed by atoms with Crippen LogP contribution in [0.4, 0.5) is 18.0 Å². The topological polar surface area (TPSA) is 95.7 Å². The number of alkyl halides is 3. The Labute approximate surface area is 115 Å². The second kappa shape index (κ2) is 7.93. The lowest BCUT2D eigenvalue weighted by molar-refractivity contribution is -0.163. The van der Waals surface area contributed by atoms with Crippen molar-refractivity contribution in [2.24, 2.45) is 11.7 Å². The predicted octanol–water partition coefficient (Wildman–Crippen LogP) is 0.453. The first kappa shape index (κ1) is 18.5. The fraction of sp³-hybridized carbons (Fsp3) is 0.818. The first-order valence-corrected chi connectivity index (χ1v) is 6.14. The van der Waals surface area contributed by atoms with Gasteiger partial charge in [-0.15, -0.1) is 0 Å². The van der Waals surface area contributed by atoms with Crippen LogP contribution in [-0.4, -0.2) is 53.9 Å². The van der Waals surface area contributed by atoms with E-state index in [1.54, 1.807) is 13.8 Å². The quantitative estimate of drug-likeness (QED) is 0.637. The number of amides is 3. The molecule has 9 heteroatoms. The number of nitrogens with one attached hydrogen (secondary N) is 1. The molecule has 0 spiro atoms. The molecule has 0 radical (unpaired) electrons. The molecule has 3 amide bonds. The molecule has 2 unspecified atom stereocenters. The van der Waals surface area contributed by atoms with E-state index in [1.165, 1.54) is 0 Å². The molecule has 0 aromatic heterocycles. The number of aliphatic hydroxyl groups excluding tert-OH is 1. The van der Waals surface area contributed by atoms with Gasteiger partial charge in [0.15, 0.2) is 0 Å². The molecule has 0 aliphatic rings. The van der Waals surface area contributed by atoms with Crippen LogP contribution in [0.25, 0.3) is 0 Å². The van der Waals surface area contributed by atoms with E-state index in [0.29, 0.717) is 11.3 Å². The van der Waals surface area contributed by atoms with E-state index < -0.39 is 43.9 Å². The average Bonchev–Trinajstić information content (AvgIpc) is 2.32. The van der Waals surface area contributed by atoms with Crippen LogP contribution in [0.5, 0.6) is 0 Å². The Kier molecular flexibility index (Phi) is 7.33. The standard InChI is InChI=1S/C11H20F3N3O3/c1-3-7(2)8(16-10(15)20)9(19)17(4-5-18)6-11(12,13)14/h7-8,18H,3-6H2,1-2H3,(H3,15,16,20). The zero-order chi connectivity index (χ0) is 15.9. The first-order chi connectivity index (χ1) is 9.12. The molecule has 0 heterocycles. The fourth-order valence-corrected chi connectivity index (χ4v) is 1.64. The smallest absolute Gasteiger partial charge is 0.395 e. The van der Waals surface area contributed by atoms with Crippen LogP contribution in [0, 0.1) is 5.92 Å². The van der Waals surface area contributed by atoms with Gasteiger partial charge in [-0.2, -0.15) is 13.2 Å². The number of hydrogen-bond acceptors (Lipinski definition) is 3. The number of hydrogen-bond donors (Lipinski definition) is 3. The lowest BCUT2D eigenvalue weighted by atomic mass is 9.98. The first-order valence-electron chi connectivity index (χ1n) is 6.14. The van der Waals surface area contributed by atoms with E-state index >= 15 is 0 Å². The van der Waals surface area contributed by atoms with Gasteiger partial charge < -0.3 is 21.1 Å². The third-order valence-corrected chi connectivity index (χ3v) is 2.83. The number of urea groups is 1. The number of carbonyl (C=O) groups excluding carboxylic acids is 2. The van der Waals surface area contributed by atoms with Gasteiger partial charge in [-0.25, -0.2) is 4.79 Å². The summed E-state index contributed by atoms with van der Waals surface area (Å²) in [6, 6.07) is -2.13. The van der Waals surface area contributed by atoms with Crippen molar-refractivity contribution < 1.29 is 27.9 Å². The minimum absolute atomic E-state index is 0.385. The van der Waals surface area contributed by atoms with Gasteiger partial charge in [-0.1, -0.05) is 20.3 Å². The highest BCUT2D eigenvalue weighted by molar-refractivity contribution is 5.86. The van der Waals surface area contributed by atoms with Crippen molar-refractivity contribution in [1.29, 1.82) is 0 Å². The Morgan fingerprint density at radius 2 is 1.95 bits per heavy atom. The molecule has 0 rings (SSSR count). The number of primary amides is 1. The minimum atomic E-state index is -4.59. The summed E-state index contributed by atoms with van der Waals surface area (Å²) < 4.78 is 37.2. The number of carbonyl (C=O) groups is 2. The summed E-state index contributed by atoms with van der Waals surface area (Å²) in [5.41, 5.74) is 4.93. The van der Waals surface area contributed by atoms with Gasteiger partial charge in [-0.05, 0) is 5.92 Å². The van der Waals surface area contributed by atoms with Crippen LogP contribution < -0.4 is 11.1 Å². The van der Waals surface area contributed by atoms with Gasteiger partial charge in [0.25, 0.3) is 0 Å². The summed E-state index contributed by atoms with van der Waals surface area (Å²) in [4.78, 5) is 23.4. The van der Waals surface area contributed by atoms with Crippen molar-refractivity contribution >= 4 is 11.9 Å². The van der Waals surface area contributed by atoms with Gasteiger partial charge in [0.05, 0.1) is 6.61 Å². The molecule has 0 aliphatic heterocycles. The SMILES string of the molecule is CCC(C)C(NC(N)=O)C(=O)N(CCO)CC(F)(F)F.